The van der Waals surface area contributed by atoms with Crippen molar-refractivity contribution in [2.45, 2.75) is 20.5 Å². The smallest absolute Gasteiger partial charge is 0.342 e. The molecule has 21 heavy (non-hydrogen) atoms. The van der Waals surface area contributed by atoms with Gasteiger partial charge in [-0.2, -0.15) is 0 Å². The summed E-state index contributed by atoms with van der Waals surface area (Å²) in [7, 11) is 1.48. The maximum atomic E-state index is 12.2. The Morgan fingerprint density at radius 1 is 1.14 bits per heavy atom. The molecule has 0 unspecified atom stereocenters. The SMILES string of the molecule is COc1c(N)cccc1C(=O)OCc1cc(C)cc(C)c1. The zero-order valence-electron chi connectivity index (χ0n) is 12.5. The monoisotopic (exact) mass is 285 g/mol. The predicted molar refractivity (Wildman–Crippen MR) is 82.4 cm³/mol. The van der Waals surface area contributed by atoms with Crippen molar-refractivity contribution in [2.24, 2.45) is 0 Å². The van der Waals surface area contributed by atoms with E-state index in [1.165, 1.54) is 7.11 Å². The molecule has 0 aliphatic carbocycles. The van der Waals surface area contributed by atoms with Gasteiger partial charge in [0.25, 0.3) is 0 Å². The lowest BCUT2D eigenvalue weighted by Gasteiger charge is -2.11. The van der Waals surface area contributed by atoms with Crippen LogP contribution in [0.3, 0.4) is 0 Å². The van der Waals surface area contributed by atoms with Crippen LogP contribution < -0.4 is 10.5 Å². The molecule has 0 spiro atoms. The number of esters is 1. The Kier molecular flexibility index (Phi) is 4.48. The van der Waals surface area contributed by atoms with Crippen LogP contribution in [0.15, 0.2) is 36.4 Å². The third-order valence-electron chi connectivity index (χ3n) is 3.12. The average Bonchev–Trinajstić information content (AvgIpc) is 2.43. The van der Waals surface area contributed by atoms with Crippen LogP contribution in [0, 0.1) is 13.8 Å². The third-order valence-corrected chi connectivity index (χ3v) is 3.12. The minimum Gasteiger partial charge on any atom is -0.494 e. The highest BCUT2D eigenvalue weighted by atomic mass is 16.5. The molecular formula is C17H19NO3. The van der Waals surface area contributed by atoms with Crippen molar-refractivity contribution >= 4 is 11.7 Å². The first kappa shape index (κ1) is 14.9. The van der Waals surface area contributed by atoms with Gasteiger partial charge in [-0.15, -0.1) is 0 Å². The standard InChI is InChI=1S/C17H19NO3/c1-11-7-12(2)9-13(8-11)10-21-17(19)14-5-4-6-15(18)16(14)20-3/h4-9H,10,18H2,1-3H3. The molecule has 0 atom stereocenters. The third kappa shape index (κ3) is 3.54. The van der Waals surface area contributed by atoms with Crippen LogP contribution in [0.2, 0.25) is 0 Å². The maximum Gasteiger partial charge on any atom is 0.342 e. The van der Waals surface area contributed by atoms with E-state index in [2.05, 4.69) is 6.07 Å². The van der Waals surface area contributed by atoms with Gasteiger partial charge < -0.3 is 15.2 Å². The largest absolute Gasteiger partial charge is 0.494 e. The van der Waals surface area contributed by atoms with Crippen LogP contribution in [0.1, 0.15) is 27.0 Å². The number of para-hydroxylation sites is 1. The number of benzene rings is 2. The van der Waals surface area contributed by atoms with Crippen LogP contribution >= 0.6 is 0 Å². The van der Waals surface area contributed by atoms with Crippen molar-refractivity contribution in [2.75, 3.05) is 12.8 Å². The first-order valence-electron chi connectivity index (χ1n) is 6.68. The number of hydrogen-bond donors (Lipinski definition) is 1. The second kappa shape index (κ2) is 6.31. The molecule has 4 nitrogen and oxygen atoms in total. The number of carbonyl (C=O) groups is 1. The van der Waals surface area contributed by atoms with Gasteiger partial charge in [0.1, 0.15) is 12.2 Å². The average molecular weight is 285 g/mol. The molecule has 2 aromatic rings. The normalized spacial score (nSPS) is 10.2. The molecule has 0 saturated heterocycles. The fraction of sp³-hybridized carbons (Fsp3) is 0.235. The van der Waals surface area contributed by atoms with E-state index in [0.717, 1.165) is 16.7 Å². The second-order valence-corrected chi connectivity index (χ2v) is 5.00. The molecule has 0 heterocycles. The van der Waals surface area contributed by atoms with E-state index in [1.807, 2.05) is 26.0 Å². The maximum absolute atomic E-state index is 12.2. The molecular weight excluding hydrogens is 266 g/mol. The Bertz CT molecular complexity index is 645. The van der Waals surface area contributed by atoms with Crippen LogP contribution in [0.4, 0.5) is 5.69 Å². The highest BCUT2D eigenvalue weighted by Crippen LogP contribution is 2.26. The van der Waals surface area contributed by atoms with Gasteiger partial charge in [-0.1, -0.05) is 35.4 Å². The minimum atomic E-state index is -0.446. The first-order valence-corrected chi connectivity index (χ1v) is 6.68. The van der Waals surface area contributed by atoms with E-state index in [-0.39, 0.29) is 6.61 Å². The summed E-state index contributed by atoms with van der Waals surface area (Å²) < 4.78 is 10.5. The molecule has 0 saturated carbocycles. The predicted octanol–water partition coefficient (Wildman–Crippen LogP) is 3.25. The minimum absolute atomic E-state index is 0.222. The number of methoxy groups -OCH3 is 1. The van der Waals surface area contributed by atoms with Gasteiger partial charge in [0, 0.05) is 0 Å². The fourth-order valence-electron chi connectivity index (χ4n) is 2.32. The van der Waals surface area contributed by atoms with Crippen LogP contribution in [-0.4, -0.2) is 13.1 Å². The lowest BCUT2D eigenvalue weighted by atomic mass is 10.1. The summed E-state index contributed by atoms with van der Waals surface area (Å²) in [5.74, 6) is -0.0961. The summed E-state index contributed by atoms with van der Waals surface area (Å²) in [6.45, 7) is 4.25. The fourth-order valence-corrected chi connectivity index (χ4v) is 2.32. The molecule has 0 radical (unpaired) electrons. The highest BCUT2D eigenvalue weighted by molar-refractivity contribution is 5.94. The van der Waals surface area contributed by atoms with E-state index in [1.54, 1.807) is 18.2 Å². The van der Waals surface area contributed by atoms with E-state index in [4.69, 9.17) is 15.2 Å². The summed E-state index contributed by atoms with van der Waals surface area (Å²) in [4.78, 5) is 12.2. The van der Waals surface area contributed by atoms with Gasteiger partial charge in [0.2, 0.25) is 0 Å². The molecule has 0 aliphatic heterocycles. The summed E-state index contributed by atoms with van der Waals surface area (Å²) in [5.41, 5.74) is 9.78. The molecule has 2 rings (SSSR count). The highest BCUT2D eigenvalue weighted by Gasteiger charge is 2.15. The van der Waals surface area contributed by atoms with Crippen molar-refractivity contribution in [3.05, 3.63) is 58.7 Å². The van der Waals surface area contributed by atoms with Crippen molar-refractivity contribution < 1.29 is 14.3 Å². The van der Waals surface area contributed by atoms with Gasteiger partial charge in [-0.25, -0.2) is 4.79 Å². The van der Waals surface area contributed by atoms with Crippen molar-refractivity contribution in [3.8, 4) is 5.75 Å². The second-order valence-electron chi connectivity index (χ2n) is 5.00. The van der Waals surface area contributed by atoms with E-state index in [9.17, 15) is 4.79 Å². The number of anilines is 1. The molecule has 4 heteroatoms. The quantitative estimate of drug-likeness (QED) is 0.692. The van der Waals surface area contributed by atoms with Gasteiger partial charge >= 0.3 is 5.97 Å². The van der Waals surface area contributed by atoms with E-state index >= 15 is 0 Å². The number of carbonyl (C=O) groups excluding carboxylic acids is 1. The van der Waals surface area contributed by atoms with Crippen LogP contribution in [0.5, 0.6) is 5.75 Å². The zero-order valence-corrected chi connectivity index (χ0v) is 12.5. The number of nitrogen functional groups attached to an aromatic ring is 1. The summed E-state index contributed by atoms with van der Waals surface area (Å²) in [6, 6.07) is 11.1. The van der Waals surface area contributed by atoms with Crippen LogP contribution in [0.25, 0.3) is 0 Å². The molecule has 0 fully saturated rings. The molecule has 0 aliphatic rings. The molecule has 0 bridgehead atoms. The van der Waals surface area contributed by atoms with Gasteiger partial charge in [-0.3, -0.25) is 0 Å². The number of rotatable bonds is 4. The van der Waals surface area contributed by atoms with Gasteiger partial charge in [-0.05, 0) is 31.5 Å². The summed E-state index contributed by atoms with van der Waals surface area (Å²) in [5, 5.41) is 0. The number of hydrogen-bond acceptors (Lipinski definition) is 4. The number of aryl methyl sites for hydroxylation is 2. The van der Waals surface area contributed by atoms with Crippen molar-refractivity contribution in [3.63, 3.8) is 0 Å². The van der Waals surface area contributed by atoms with E-state index in [0.29, 0.717) is 17.0 Å². The topological polar surface area (TPSA) is 61.5 Å². The van der Waals surface area contributed by atoms with Crippen molar-refractivity contribution in [1.29, 1.82) is 0 Å². The Labute approximate surface area is 124 Å². The van der Waals surface area contributed by atoms with Gasteiger partial charge in [0.15, 0.2) is 5.75 Å². The summed E-state index contributed by atoms with van der Waals surface area (Å²) in [6.07, 6.45) is 0. The Balaban J connectivity index is 2.13. The number of nitrogens with two attached hydrogens (primary N) is 1. The zero-order chi connectivity index (χ0) is 15.4. The summed E-state index contributed by atoms with van der Waals surface area (Å²) >= 11 is 0. The first-order chi connectivity index (χ1) is 10.0. The lowest BCUT2D eigenvalue weighted by Crippen LogP contribution is -2.08. The molecule has 110 valence electrons. The van der Waals surface area contributed by atoms with Crippen molar-refractivity contribution in [1.82, 2.24) is 0 Å². The Hall–Kier alpha value is -2.49. The van der Waals surface area contributed by atoms with Crippen LogP contribution in [-0.2, 0) is 11.3 Å². The molecule has 2 N–H and O–H groups in total. The Morgan fingerprint density at radius 3 is 2.43 bits per heavy atom. The van der Waals surface area contributed by atoms with Gasteiger partial charge in [0.05, 0.1) is 12.8 Å². The molecule has 2 aromatic carbocycles. The lowest BCUT2D eigenvalue weighted by molar-refractivity contribution is 0.0469. The molecule has 0 aromatic heterocycles. The Morgan fingerprint density at radius 2 is 1.81 bits per heavy atom. The van der Waals surface area contributed by atoms with E-state index < -0.39 is 5.97 Å². The number of ether oxygens (including phenoxy) is 2. The molecule has 0 amide bonds.